The summed E-state index contributed by atoms with van der Waals surface area (Å²) < 4.78 is 0. The summed E-state index contributed by atoms with van der Waals surface area (Å²) in [6.07, 6.45) is 5.22. The molecule has 0 aliphatic heterocycles. The molecule has 0 bridgehead atoms. The van der Waals surface area contributed by atoms with Crippen molar-refractivity contribution in [3.63, 3.8) is 0 Å². The normalized spacial score (nSPS) is 8.86. The molecular formula is C22H24. The standard InChI is InChI=1S/C10H8.C10H10.C2H6/c1-2-6-10-8-4-3-7-9(10)5-1;1-4-10-6-5-8(2)9(3)7-10;1-2/h1-8H;1,5-7H,2-3H3;1-2H3. The lowest BCUT2D eigenvalue weighted by Crippen LogP contribution is -1.81. The van der Waals surface area contributed by atoms with E-state index in [-0.39, 0.29) is 0 Å². The van der Waals surface area contributed by atoms with Crippen LogP contribution in [0, 0.1) is 26.2 Å². The summed E-state index contributed by atoms with van der Waals surface area (Å²) in [5.74, 6) is 2.60. The minimum atomic E-state index is 0.961. The summed E-state index contributed by atoms with van der Waals surface area (Å²) in [5.41, 5.74) is 3.51. The van der Waals surface area contributed by atoms with Crippen molar-refractivity contribution in [2.45, 2.75) is 27.7 Å². The van der Waals surface area contributed by atoms with Gasteiger partial charge in [-0.1, -0.05) is 74.4 Å². The lowest BCUT2D eigenvalue weighted by atomic mass is 10.1. The van der Waals surface area contributed by atoms with Gasteiger partial charge in [0.2, 0.25) is 0 Å². The molecule has 0 unspecified atom stereocenters. The Kier molecular flexibility index (Phi) is 7.51. The Bertz CT molecular complexity index is 680. The molecule has 3 aromatic rings. The fraction of sp³-hybridized carbons (Fsp3) is 0.182. The predicted octanol–water partition coefficient (Wildman–Crippen LogP) is 6.15. The number of hydrogen-bond donors (Lipinski definition) is 0. The number of aryl methyl sites for hydroxylation is 2. The van der Waals surface area contributed by atoms with Gasteiger partial charge in [0.05, 0.1) is 0 Å². The predicted molar refractivity (Wildman–Crippen MR) is 99.1 cm³/mol. The maximum Gasteiger partial charge on any atom is 0.0245 e. The smallest absolute Gasteiger partial charge is 0.0245 e. The zero-order valence-corrected chi connectivity index (χ0v) is 13.9. The van der Waals surface area contributed by atoms with Gasteiger partial charge in [-0.3, -0.25) is 0 Å². The lowest BCUT2D eigenvalue weighted by molar-refractivity contribution is 1.33. The molecule has 0 amide bonds. The van der Waals surface area contributed by atoms with E-state index in [1.807, 2.05) is 32.0 Å². The van der Waals surface area contributed by atoms with E-state index in [9.17, 15) is 0 Å². The highest BCUT2D eigenvalue weighted by Gasteiger charge is 1.91. The second-order valence-electron chi connectivity index (χ2n) is 4.79. The van der Waals surface area contributed by atoms with E-state index in [1.54, 1.807) is 0 Å². The Labute approximate surface area is 134 Å². The molecule has 0 N–H and O–H groups in total. The molecule has 0 heterocycles. The maximum absolute atomic E-state index is 5.22. The molecule has 0 atom stereocenters. The van der Waals surface area contributed by atoms with Gasteiger partial charge in [0, 0.05) is 5.56 Å². The quantitative estimate of drug-likeness (QED) is 0.435. The highest BCUT2D eigenvalue weighted by molar-refractivity contribution is 5.81. The average Bonchev–Trinajstić information content (AvgIpc) is 2.60. The average molecular weight is 288 g/mol. The molecule has 22 heavy (non-hydrogen) atoms. The second-order valence-corrected chi connectivity index (χ2v) is 4.79. The van der Waals surface area contributed by atoms with Gasteiger partial charge in [0.15, 0.2) is 0 Å². The molecular weight excluding hydrogens is 264 g/mol. The number of fused-ring (bicyclic) bond motifs is 1. The van der Waals surface area contributed by atoms with Crippen LogP contribution in [0.3, 0.4) is 0 Å². The van der Waals surface area contributed by atoms with Crippen molar-refractivity contribution in [1.82, 2.24) is 0 Å². The fourth-order valence-electron chi connectivity index (χ4n) is 1.96. The Morgan fingerprint density at radius 3 is 1.50 bits per heavy atom. The first-order chi connectivity index (χ1) is 10.7. The van der Waals surface area contributed by atoms with E-state index in [2.05, 4.69) is 68.3 Å². The zero-order valence-electron chi connectivity index (χ0n) is 13.9. The number of terminal acetylenes is 1. The van der Waals surface area contributed by atoms with E-state index in [1.165, 1.54) is 21.9 Å². The molecule has 0 heteroatoms. The summed E-state index contributed by atoms with van der Waals surface area (Å²) in [5, 5.41) is 2.62. The van der Waals surface area contributed by atoms with Gasteiger partial charge in [-0.25, -0.2) is 0 Å². The Balaban J connectivity index is 0.000000198. The first kappa shape index (κ1) is 17.5. The molecule has 0 nitrogen and oxygen atoms in total. The second kappa shape index (κ2) is 9.42. The van der Waals surface area contributed by atoms with Gasteiger partial charge >= 0.3 is 0 Å². The minimum Gasteiger partial charge on any atom is -0.115 e. The first-order valence-electron chi connectivity index (χ1n) is 7.68. The van der Waals surface area contributed by atoms with Gasteiger partial charge in [-0.05, 0) is 47.9 Å². The van der Waals surface area contributed by atoms with Crippen molar-refractivity contribution in [3.8, 4) is 12.3 Å². The van der Waals surface area contributed by atoms with Crippen LogP contribution >= 0.6 is 0 Å². The fourth-order valence-corrected chi connectivity index (χ4v) is 1.96. The van der Waals surface area contributed by atoms with Crippen LogP contribution in [0.1, 0.15) is 30.5 Å². The molecule has 0 aliphatic carbocycles. The summed E-state index contributed by atoms with van der Waals surface area (Å²) in [7, 11) is 0. The van der Waals surface area contributed by atoms with E-state index >= 15 is 0 Å². The monoisotopic (exact) mass is 288 g/mol. The van der Waals surface area contributed by atoms with Crippen LogP contribution in [-0.4, -0.2) is 0 Å². The first-order valence-corrected chi connectivity index (χ1v) is 7.68. The lowest BCUT2D eigenvalue weighted by Gasteiger charge is -1.97. The van der Waals surface area contributed by atoms with Crippen LogP contribution in [0.15, 0.2) is 66.7 Å². The summed E-state index contributed by atoms with van der Waals surface area (Å²) >= 11 is 0. The molecule has 0 fully saturated rings. The molecule has 0 aliphatic rings. The zero-order chi connectivity index (χ0) is 16.4. The molecule has 0 aromatic heterocycles. The Morgan fingerprint density at radius 2 is 1.14 bits per heavy atom. The van der Waals surface area contributed by atoms with Gasteiger partial charge in [-0.15, -0.1) is 6.42 Å². The van der Waals surface area contributed by atoms with E-state index in [4.69, 9.17) is 6.42 Å². The van der Waals surface area contributed by atoms with Crippen molar-refractivity contribution in [3.05, 3.63) is 83.4 Å². The van der Waals surface area contributed by atoms with E-state index < -0.39 is 0 Å². The van der Waals surface area contributed by atoms with Crippen molar-refractivity contribution in [2.75, 3.05) is 0 Å². The Hall–Kier alpha value is -2.52. The van der Waals surface area contributed by atoms with E-state index in [0.29, 0.717) is 0 Å². The Morgan fingerprint density at radius 1 is 0.682 bits per heavy atom. The maximum atomic E-state index is 5.22. The van der Waals surface area contributed by atoms with Crippen LogP contribution in [0.25, 0.3) is 10.8 Å². The highest BCUT2D eigenvalue weighted by atomic mass is 14.0. The number of hydrogen-bond acceptors (Lipinski definition) is 0. The molecule has 0 saturated carbocycles. The van der Waals surface area contributed by atoms with Crippen LogP contribution in [-0.2, 0) is 0 Å². The van der Waals surface area contributed by atoms with Crippen LogP contribution < -0.4 is 0 Å². The topological polar surface area (TPSA) is 0 Å². The van der Waals surface area contributed by atoms with Gasteiger partial charge in [0.1, 0.15) is 0 Å². The summed E-state index contributed by atoms with van der Waals surface area (Å²) in [6.45, 7) is 8.14. The van der Waals surface area contributed by atoms with Crippen molar-refractivity contribution >= 4 is 10.8 Å². The molecule has 0 saturated heterocycles. The van der Waals surface area contributed by atoms with Gasteiger partial charge < -0.3 is 0 Å². The number of benzene rings is 3. The van der Waals surface area contributed by atoms with Gasteiger partial charge in [-0.2, -0.15) is 0 Å². The van der Waals surface area contributed by atoms with Gasteiger partial charge in [0.25, 0.3) is 0 Å². The van der Waals surface area contributed by atoms with Crippen LogP contribution in [0.2, 0.25) is 0 Å². The third kappa shape index (κ3) is 5.11. The molecule has 3 aromatic carbocycles. The van der Waals surface area contributed by atoms with Crippen molar-refractivity contribution in [1.29, 1.82) is 0 Å². The summed E-state index contributed by atoms with van der Waals surface area (Å²) in [6, 6.07) is 22.7. The third-order valence-electron chi connectivity index (χ3n) is 3.33. The van der Waals surface area contributed by atoms with Crippen molar-refractivity contribution in [2.24, 2.45) is 0 Å². The van der Waals surface area contributed by atoms with Crippen LogP contribution in [0.4, 0.5) is 0 Å². The third-order valence-corrected chi connectivity index (χ3v) is 3.33. The SMILES string of the molecule is C#Cc1ccc(C)c(C)c1.CC.c1ccc2ccccc2c1. The largest absolute Gasteiger partial charge is 0.115 e. The number of rotatable bonds is 0. The molecule has 3 rings (SSSR count). The molecule has 0 radical (unpaired) electrons. The van der Waals surface area contributed by atoms with E-state index in [0.717, 1.165) is 5.56 Å². The summed E-state index contributed by atoms with van der Waals surface area (Å²) in [4.78, 5) is 0. The van der Waals surface area contributed by atoms with Crippen molar-refractivity contribution < 1.29 is 0 Å². The van der Waals surface area contributed by atoms with Crippen LogP contribution in [0.5, 0.6) is 0 Å². The molecule has 112 valence electrons. The minimum absolute atomic E-state index is 0.961. The molecule has 0 spiro atoms. The highest BCUT2D eigenvalue weighted by Crippen LogP contribution is 2.11.